The fourth-order valence-electron chi connectivity index (χ4n) is 3.99. The summed E-state index contributed by atoms with van der Waals surface area (Å²) in [5.41, 5.74) is 6.32. The number of nitrogens with one attached hydrogen (secondary N) is 2. The number of aryl methyl sites for hydroxylation is 3. The Bertz CT molecular complexity index is 1320. The summed E-state index contributed by atoms with van der Waals surface area (Å²) in [4.78, 5) is 30.2. The molecule has 6 heteroatoms. The minimum atomic E-state index is -0.115. The molecule has 1 heterocycles. The number of fused-ring (bicyclic) bond motifs is 1. The van der Waals surface area contributed by atoms with E-state index in [4.69, 9.17) is 4.98 Å². The lowest BCUT2D eigenvalue weighted by molar-refractivity contribution is -0.116. The van der Waals surface area contributed by atoms with E-state index in [1.165, 1.54) is 0 Å². The summed E-state index contributed by atoms with van der Waals surface area (Å²) in [5, 5.41) is 5.99. The molecule has 1 aromatic heterocycles. The van der Waals surface area contributed by atoms with E-state index >= 15 is 0 Å². The standard InChI is InChI=1S/C27H28N4O2/c1-18-12-13-22(20(3)16-18)30-26(32)17-31-24-11-7-6-10-23(24)29-25(31)14-15-28-27(33)21-9-5-4-8-19(21)2/h4-13,16H,14-15,17H2,1-3H3,(H,28,33)(H,30,32). The molecule has 6 nitrogen and oxygen atoms in total. The van der Waals surface area contributed by atoms with E-state index in [1.54, 1.807) is 0 Å². The SMILES string of the molecule is Cc1ccc(NC(=O)Cn2c(CCNC(=O)c3ccccc3C)nc3ccccc32)c(C)c1. The van der Waals surface area contributed by atoms with Crippen molar-refractivity contribution in [3.05, 3.63) is 94.8 Å². The predicted octanol–water partition coefficient (Wildman–Crippen LogP) is 4.57. The molecule has 168 valence electrons. The van der Waals surface area contributed by atoms with Gasteiger partial charge in [-0.05, 0) is 56.2 Å². The van der Waals surface area contributed by atoms with Crippen LogP contribution in [0.4, 0.5) is 5.69 Å². The first-order valence-electron chi connectivity index (χ1n) is 11.1. The van der Waals surface area contributed by atoms with Crippen LogP contribution in [0.2, 0.25) is 0 Å². The van der Waals surface area contributed by atoms with Gasteiger partial charge < -0.3 is 15.2 Å². The first kappa shape index (κ1) is 22.3. The molecule has 0 bridgehead atoms. The first-order chi connectivity index (χ1) is 15.9. The van der Waals surface area contributed by atoms with E-state index in [2.05, 4.69) is 10.6 Å². The highest BCUT2D eigenvalue weighted by molar-refractivity contribution is 5.95. The number of rotatable bonds is 7. The second-order valence-corrected chi connectivity index (χ2v) is 8.29. The molecule has 0 aliphatic heterocycles. The van der Waals surface area contributed by atoms with Gasteiger partial charge in [0.25, 0.3) is 5.91 Å². The van der Waals surface area contributed by atoms with Crippen LogP contribution in [-0.4, -0.2) is 27.9 Å². The molecule has 4 rings (SSSR count). The molecule has 0 fully saturated rings. The van der Waals surface area contributed by atoms with Crippen LogP contribution in [-0.2, 0) is 17.8 Å². The topological polar surface area (TPSA) is 76.0 Å². The molecule has 0 atom stereocenters. The Kier molecular flexibility index (Phi) is 6.54. The quantitative estimate of drug-likeness (QED) is 0.442. The summed E-state index contributed by atoms with van der Waals surface area (Å²) >= 11 is 0. The summed E-state index contributed by atoms with van der Waals surface area (Å²) in [7, 11) is 0. The minimum Gasteiger partial charge on any atom is -0.352 e. The monoisotopic (exact) mass is 440 g/mol. The van der Waals surface area contributed by atoms with Gasteiger partial charge >= 0.3 is 0 Å². The van der Waals surface area contributed by atoms with Crippen molar-refractivity contribution < 1.29 is 9.59 Å². The average molecular weight is 441 g/mol. The zero-order chi connectivity index (χ0) is 23.4. The lowest BCUT2D eigenvalue weighted by Crippen LogP contribution is -2.27. The van der Waals surface area contributed by atoms with Gasteiger partial charge in [0.15, 0.2) is 0 Å². The zero-order valence-electron chi connectivity index (χ0n) is 19.2. The maximum absolute atomic E-state index is 12.9. The van der Waals surface area contributed by atoms with Gasteiger partial charge in [-0.1, -0.05) is 48.0 Å². The molecule has 0 spiro atoms. The summed E-state index contributed by atoms with van der Waals surface area (Å²) in [5.74, 6) is 0.538. The third kappa shape index (κ3) is 5.12. The summed E-state index contributed by atoms with van der Waals surface area (Å²) in [6, 6.07) is 21.2. The second kappa shape index (κ2) is 9.69. The maximum atomic E-state index is 12.9. The number of hydrogen-bond donors (Lipinski definition) is 2. The number of aromatic nitrogens is 2. The fraction of sp³-hybridized carbons (Fsp3) is 0.222. The number of carbonyl (C=O) groups is 2. The van der Waals surface area contributed by atoms with Crippen LogP contribution in [0.15, 0.2) is 66.7 Å². The zero-order valence-corrected chi connectivity index (χ0v) is 19.2. The van der Waals surface area contributed by atoms with Crippen LogP contribution >= 0.6 is 0 Å². The van der Waals surface area contributed by atoms with Crippen LogP contribution < -0.4 is 10.6 Å². The van der Waals surface area contributed by atoms with Crippen LogP contribution in [0.5, 0.6) is 0 Å². The van der Waals surface area contributed by atoms with E-state index < -0.39 is 0 Å². The third-order valence-corrected chi connectivity index (χ3v) is 5.72. The second-order valence-electron chi connectivity index (χ2n) is 8.29. The lowest BCUT2D eigenvalue weighted by Gasteiger charge is -2.12. The highest BCUT2D eigenvalue weighted by atomic mass is 16.2. The third-order valence-electron chi connectivity index (χ3n) is 5.72. The Balaban J connectivity index is 1.49. The van der Waals surface area contributed by atoms with Crippen molar-refractivity contribution in [2.75, 3.05) is 11.9 Å². The smallest absolute Gasteiger partial charge is 0.251 e. The molecule has 0 unspecified atom stereocenters. The Labute approximate surface area is 193 Å². The van der Waals surface area contributed by atoms with Crippen LogP contribution in [0, 0.1) is 20.8 Å². The van der Waals surface area contributed by atoms with Gasteiger partial charge in [0, 0.05) is 24.2 Å². The molecule has 33 heavy (non-hydrogen) atoms. The van der Waals surface area contributed by atoms with Crippen molar-refractivity contribution in [3.63, 3.8) is 0 Å². The van der Waals surface area contributed by atoms with E-state index in [-0.39, 0.29) is 18.4 Å². The Morgan fingerprint density at radius 3 is 2.45 bits per heavy atom. The lowest BCUT2D eigenvalue weighted by atomic mass is 10.1. The predicted molar refractivity (Wildman–Crippen MR) is 131 cm³/mol. The Hall–Kier alpha value is -3.93. The normalized spacial score (nSPS) is 10.9. The number of nitrogens with zero attached hydrogens (tertiary/aromatic N) is 2. The number of imidazole rings is 1. The number of carbonyl (C=O) groups excluding carboxylic acids is 2. The van der Waals surface area contributed by atoms with E-state index in [9.17, 15) is 9.59 Å². The van der Waals surface area contributed by atoms with Crippen molar-refractivity contribution in [2.45, 2.75) is 33.7 Å². The van der Waals surface area contributed by atoms with Gasteiger partial charge in [0.05, 0.1) is 11.0 Å². The Morgan fingerprint density at radius 1 is 0.909 bits per heavy atom. The van der Waals surface area contributed by atoms with Crippen LogP contribution in [0.3, 0.4) is 0 Å². The number of para-hydroxylation sites is 2. The molecule has 0 saturated heterocycles. The highest BCUT2D eigenvalue weighted by Gasteiger charge is 2.15. The molecule has 0 aliphatic carbocycles. The number of benzene rings is 3. The first-order valence-corrected chi connectivity index (χ1v) is 11.1. The summed E-state index contributed by atoms with van der Waals surface area (Å²) in [6.07, 6.45) is 0.517. The Morgan fingerprint density at radius 2 is 1.67 bits per heavy atom. The average Bonchev–Trinajstić information content (AvgIpc) is 3.13. The van der Waals surface area contributed by atoms with Crippen molar-refractivity contribution in [3.8, 4) is 0 Å². The van der Waals surface area contributed by atoms with Gasteiger partial charge in [-0.15, -0.1) is 0 Å². The van der Waals surface area contributed by atoms with E-state index in [0.29, 0.717) is 18.5 Å². The fourth-order valence-corrected chi connectivity index (χ4v) is 3.99. The molecular weight excluding hydrogens is 412 g/mol. The maximum Gasteiger partial charge on any atom is 0.251 e. The molecule has 4 aromatic rings. The molecule has 0 aliphatic rings. The molecular formula is C27H28N4O2. The minimum absolute atomic E-state index is 0.108. The molecule has 3 aromatic carbocycles. The van der Waals surface area contributed by atoms with E-state index in [0.717, 1.165) is 39.2 Å². The molecule has 2 N–H and O–H groups in total. The molecule has 0 radical (unpaired) electrons. The van der Waals surface area contributed by atoms with Crippen LogP contribution in [0.1, 0.15) is 32.9 Å². The van der Waals surface area contributed by atoms with E-state index in [1.807, 2.05) is 92.1 Å². The van der Waals surface area contributed by atoms with Crippen molar-refractivity contribution in [1.29, 1.82) is 0 Å². The van der Waals surface area contributed by atoms with Gasteiger partial charge in [-0.3, -0.25) is 9.59 Å². The largest absolute Gasteiger partial charge is 0.352 e. The van der Waals surface area contributed by atoms with Crippen molar-refractivity contribution in [1.82, 2.24) is 14.9 Å². The van der Waals surface area contributed by atoms with Gasteiger partial charge in [0.2, 0.25) is 5.91 Å². The summed E-state index contributed by atoms with van der Waals surface area (Å²) in [6.45, 7) is 6.50. The van der Waals surface area contributed by atoms with Crippen molar-refractivity contribution in [2.24, 2.45) is 0 Å². The molecule has 2 amide bonds. The number of anilines is 1. The number of hydrogen-bond acceptors (Lipinski definition) is 3. The highest BCUT2D eigenvalue weighted by Crippen LogP contribution is 2.19. The summed E-state index contributed by atoms with van der Waals surface area (Å²) < 4.78 is 1.92. The van der Waals surface area contributed by atoms with Crippen molar-refractivity contribution >= 4 is 28.5 Å². The number of amides is 2. The van der Waals surface area contributed by atoms with Gasteiger partial charge in [-0.25, -0.2) is 4.98 Å². The molecule has 0 saturated carbocycles. The van der Waals surface area contributed by atoms with Crippen LogP contribution in [0.25, 0.3) is 11.0 Å². The van der Waals surface area contributed by atoms with Gasteiger partial charge in [0.1, 0.15) is 12.4 Å². The van der Waals surface area contributed by atoms with Gasteiger partial charge in [-0.2, -0.15) is 0 Å².